The molecular weight excluding hydrogens is 276 g/mol. The molecule has 0 spiro atoms. The van der Waals surface area contributed by atoms with Crippen LogP contribution in [-0.2, 0) is 0 Å². The number of nitrogens with zero attached hydrogens (tertiary/aromatic N) is 5. The molecule has 1 atom stereocenters. The first-order valence-corrected chi connectivity index (χ1v) is 7.85. The van der Waals surface area contributed by atoms with E-state index in [9.17, 15) is 0 Å². The highest BCUT2D eigenvalue weighted by Crippen LogP contribution is 2.27. The summed E-state index contributed by atoms with van der Waals surface area (Å²) in [6.45, 7) is 7.53. The van der Waals surface area contributed by atoms with E-state index in [2.05, 4.69) is 37.1 Å². The van der Waals surface area contributed by atoms with Gasteiger partial charge in [0.05, 0.1) is 11.9 Å². The van der Waals surface area contributed by atoms with Crippen LogP contribution in [0.4, 0.5) is 11.6 Å². The fraction of sp³-hybridized carbons (Fsp3) is 0.500. The number of likely N-dealkylation sites (tertiary alicyclic amines) is 1. The lowest BCUT2D eigenvalue weighted by Gasteiger charge is -2.31. The average molecular weight is 298 g/mol. The van der Waals surface area contributed by atoms with Crippen molar-refractivity contribution >= 4 is 11.6 Å². The van der Waals surface area contributed by atoms with E-state index in [0.717, 1.165) is 30.4 Å². The number of nitrogens with one attached hydrogen (secondary N) is 1. The number of hydrogen-bond donors (Lipinski definition) is 1. The van der Waals surface area contributed by atoms with Gasteiger partial charge in [0.15, 0.2) is 0 Å². The Bertz CT molecular complexity index is 615. The first-order chi connectivity index (χ1) is 10.7. The molecule has 0 radical (unpaired) electrons. The normalized spacial score (nSPS) is 19.1. The Morgan fingerprint density at radius 2 is 2.18 bits per heavy atom. The quantitative estimate of drug-likeness (QED) is 0.935. The van der Waals surface area contributed by atoms with E-state index < -0.39 is 0 Å². The summed E-state index contributed by atoms with van der Waals surface area (Å²) in [5.74, 6) is 2.76. The number of aryl methyl sites for hydroxylation is 1. The summed E-state index contributed by atoms with van der Waals surface area (Å²) < 4.78 is 0. The molecule has 3 heterocycles. The molecule has 1 aliphatic heterocycles. The Morgan fingerprint density at radius 3 is 2.95 bits per heavy atom. The van der Waals surface area contributed by atoms with Crippen molar-refractivity contribution in [1.82, 2.24) is 24.8 Å². The fourth-order valence-corrected chi connectivity index (χ4v) is 2.94. The van der Waals surface area contributed by atoms with E-state index in [-0.39, 0.29) is 0 Å². The zero-order valence-corrected chi connectivity index (χ0v) is 13.2. The number of hydrogen-bond acceptors (Lipinski definition) is 6. The molecule has 6 nitrogen and oxygen atoms in total. The number of piperidine rings is 1. The van der Waals surface area contributed by atoms with Crippen LogP contribution in [0.1, 0.15) is 37.2 Å². The van der Waals surface area contributed by atoms with Gasteiger partial charge in [-0.1, -0.05) is 6.92 Å². The van der Waals surface area contributed by atoms with Crippen molar-refractivity contribution in [3.05, 3.63) is 36.2 Å². The maximum atomic E-state index is 4.65. The molecule has 0 aromatic carbocycles. The monoisotopic (exact) mass is 298 g/mol. The zero-order chi connectivity index (χ0) is 15.4. The minimum atomic E-state index is 0.484. The average Bonchev–Trinajstić information content (AvgIpc) is 2.55. The summed E-state index contributed by atoms with van der Waals surface area (Å²) in [5, 5.41) is 3.21. The van der Waals surface area contributed by atoms with Crippen LogP contribution in [0.25, 0.3) is 0 Å². The van der Waals surface area contributed by atoms with Gasteiger partial charge in [-0.2, -0.15) is 0 Å². The van der Waals surface area contributed by atoms with E-state index in [1.807, 2.05) is 13.0 Å². The lowest BCUT2D eigenvalue weighted by Crippen LogP contribution is -2.34. The predicted octanol–water partition coefficient (Wildman–Crippen LogP) is 2.52. The van der Waals surface area contributed by atoms with Crippen LogP contribution in [-0.4, -0.2) is 44.5 Å². The van der Waals surface area contributed by atoms with Gasteiger partial charge in [0, 0.05) is 30.9 Å². The van der Waals surface area contributed by atoms with E-state index >= 15 is 0 Å². The number of aromatic nitrogens is 4. The number of anilines is 2. The first kappa shape index (κ1) is 14.8. The van der Waals surface area contributed by atoms with Gasteiger partial charge in [-0.3, -0.25) is 4.98 Å². The van der Waals surface area contributed by atoms with Crippen LogP contribution in [0.3, 0.4) is 0 Å². The molecule has 1 aliphatic rings. The topological polar surface area (TPSA) is 66.8 Å². The SMILES string of the molecule is CCN1CCCC(c2cc(Nc3cnccn3)nc(C)n2)C1. The zero-order valence-electron chi connectivity index (χ0n) is 13.2. The van der Waals surface area contributed by atoms with Gasteiger partial charge in [0.2, 0.25) is 0 Å². The van der Waals surface area contributed by atoms with Gasteiger partial charge in [0.25, 0.3) is 0 Å². The first-order valence-electron chi connectivity index (χ1n) is 7.85. The van der Waals surface area contributed by atoms with Crippen molar-refractivity contribution < 1.29 is 0 Å². The second-order valence-electron chi connectivity index (χ2n) is 5.67. The van der Waals surface area contributed by atoms with Crippen LogP contribution < -0.4 is 5.32 Å². The molecule has 0 aliphatic carbocycles. The Balaban J connectivity index is 1.80. The molecule has 116 valence electrons. The van der Waals surface area contributed by atoms with Gasteiger partial charge >= 0.3 is 0 Å². The molecule has 2 aromatic rings. The van der Waals surface area contributed by atoms with Crippen LogP contribution in [0.15, 0.2) is 24.7 Å². The Morgan fingerprint density at radius 1 is 1.27 bits per heavy atom. The van der Waals surface area contributed by atoms with Crippen LogP contribution in [0, 0.1) is 6.92 Å². The van der Waals surface area contributed by atoms with Crippen molar-refractivity contribution in [3.63, 3.8) is 0 Å². The van der Waals surface area contributed by atoms with Crippen molar-refractivity contribution in [2.75, 3.05) is 25.0 Å². The number of rotatable bonds is 4. The van der Waals surface area contributed by atoms with Crippen molar-refractivity contribution in [2.45, 2.75) is 32.6 Å². The second kappa shape index (κ2) is 6.79. The summed E-state index contributed by atoms with van der Waals surface area (Å²) in [6, 6.07) is 2.05. The molecule has 3 rings (SSSR count). The van der Waals surface area contributed by atoms with Gasteiger partial charge in [-0.15, -0.1) is 0 Å². The van der Waals surface area contributed by atoms with E-state index in [0.29, 0.717) is 11.7 Å². The van der Waals surface area contributed by atoms with Crippen molar-refractivity contribution in [3.8, 4) is 0 Å². The minimum Gasteiger partial charge on any atom is -0.324 e. The lowest BCUT2D eigenvalue weighted by molar-refractivity contribution is 0.216. The summed E-state index contributed by atoms with van der Waals surface area (Å²) in [5.41, 5.74) is 1.12. The molecule has 0 amide bonds. The van der Waals surface area contributed by atoms with Crippen LogP contribution in [0.2, 0.25) is 0 Å². The summed E-state index contributed by atoms with van der Waals surface area (Å²) in [4.78, 5) is 19.9. The minimum absolute atomic E-state index is 0.484. The second-order valence-corrected chi connectivity index (χ2v) is 5.67. The van der Waals surface area contributed by atoms with Crippen LogP contribution >= 0.6 is 0 Å². The highest BCUT2D eigenvalue weighted by molar-refractivity contribution is 5.50. The molecule has 6 heteroatoms. The molecule has 1 fully saturated rings. The Hall–Kier alpha value is -2.08. The van der Waals surface area contributed by atoms with Gasteiger partial charge in [-0.05, 0) is 32.9 Å². The van der Waals surface area contributed by atoms with Gasteiger partial charge in [0.1, 0.15) is 17.5 Å². The van der Waals surface area contributed by atoms with Gasteiger partial charge in [-0.25, -0.2) is 15.0 Å². The molecule has 0 saturated carbocycles. The molecule has 0 bridgehead atoms. The molecule has 22 heavy (non-hydrogen) atoms. The summed E-state index contributed by atoms with van der Waals surface area (Å²) >= 11 is 0. The smallest absolute Gasteiger partial charge is 0.150 e. The highest BCUT2D eigenvalue weighted by atomic mass is 15.1. The number of likely N-dealkylation sites (N-methyl/N-ethyl adjacent to an activating group) is 1. The third-order valence-electron chi connectivity index (χ3n) is 4.05. The van der Waals surface area contributed by atoms with Gasteiger partial charge < -0.3 is 10.2 Å². The van der Waals surface area contributed by atoms with Crippen molar-refractivity contribution in [2.24, 2.45) is 0 Å². The maximum absolute atomic E-state index is 4.65. The van der Waals surface area contributed by atoms with Crippen molar-refractivity contribution in [1.29, 1.82) is 0 Å². The Kier molecular flexibility index (Phi) is 4.58. The van der Waals surface area contributed by atoms with E-state index in [1.54, 1.807) is 18.6 Å². The molecule has 1 N–H and O–H groups in total. The van der Waals surface area contributed by atoms with E-state index in [1.165, 1.54) is 19.4 Å². The predicted molar refractivity (Wildman–Crippen MR) is 86.2 cm³/mol. The molecule has 1 unspecified atom stereocenters. The third kappa shape index (κ3) is 3.57. The Labute approximate surface area is 131 Å². The molecule has 2 aromatic heterocycles. The summed E-state index contributed by atoms with van der Waals surface area (Å²) in [6.07, 6.45) is 7.43. The maximum Gasteiger partial charge on any atom is 0.150 e. The molecular formula is C16H22N6. The highest BCUT2D eigenvalue weighted by Gasteiger charge is 2.22. The summed E-state index contributed by atoms with van der Waals surface area (Å²) in [7, 11) is 0. The van der Waals surface area contributed by atoms with E-state index in [4.69, 9.17) is 0 Å². The third-order valence-corrected chi connectivity index (χ3v) is 4.05. The van der Waals surface area contributed by atoms with Crippen LogP contribution in [0.5, 0.6) is 0 Å². The fourth-order valence-electron chi connectivity index (χ4n) is 2.94. The lowest BCUT2D eigenvalue weighted by atomic mass is 9.94. The largest absolute Gasteiger partial charge is 0.324 e. The molecule has 1 saturated heterocycles. The standard InChI is InChI=1S/C16H22N6/c1-3-22-8-4-5-13(11-22)14-9-15(20-12(2)19-14)21-16-10-17-6-7-18-16/h6-7,9-10,13H,3-5,8,11H2,1-2H3,(H,18,19,20,21).